The van der Waals surface area contributed by atoms with Gasteiger partial charge in [0.2, 0.25) is 5.91 Å². The van der Waals surface area contributed by atoms with E-state index in [1.807, 2.05) is 18.9 Å². The number of rotatable bonds is 2. The monoisotopic (exact) mass is 277 g/mol. The van der Waals surface area contributed by atoms with Gasteiger partial charge in [-0.2, -0.15) is 0 Å². The first-order valence-electron chi connectivity index (χ1n) is 6.53. The van der Waals surface area contributed by atoms with Gasteiger partial charge in [-0.05, 0) is 14.0 Å². The number of carbonyl (C=O) groups is 2. The number of nitrogens with zero attached hydrogens (tertiary/aromatic N) is 4. The average molecular weight is 277 g/mol. The van der Waals surface area contributed by atoms with Crippen molar-refractivity contribution in [3.05, 3.63) is 23.8 Å². The van der Waals surface area contributed by atoms with Gasteiger partial charge < -0.3 is 15.5 Å². The van der Waals surface area contributed by atoms with Crippen molar-refractivity contribution in [2.24, 2.45) is 11.7 Å². The zero-order chi connectivity index (χ0) is 14.7. The van der Waals surface area contributed by atoms with E-state index in [0.717, 1.165) is 5.69 Å². The van der Waals surface area contributed by atoms with Crippen LogP contribution in [0.2, 0.25) is 0 Å². The van der Waals surface area contributed by atoms with Gasteiger partial charge in [0, 0.05) is 32.4 Å². The maximum absolute atomic E-state index is 12.4. The minimum Gasteiger partial charge on any atom is -0.369 e. The Kier molecular flexibility index (Phi) is 4.29. The molecule has 0 saturated carbocycles. The third-order valence-corrected chi connectivity index (χ3v) is 3.41. The SMILES string of the molecule is Cc1cnc(C(=O)N2CCN(C)C[C@H](C(N)=O)C2)cn1. The van der Waals surface area contributed by atoms with Crippen LogP contribution in [-0.2, 0) is 4.79 Å². The molecule has 7 nitrogen and oxygen atoms in total. The summed E-state index contributed by atoms with van der Waals surface area (Å²) in [7, 11) is 1.91. The molecule has 108 valence electrons. The largest absolute Gasteiger partial charge is 0.369 e. The number of nitrogens with two attached hydrogens (primary N) is 1. The summed E-state index contributed by atoms with van der Waals surface area (Å²) in [5.74, 6) is -0.949. The third-order valence-electron chi connectivity index (χ3n) is 3.41. The second-order valence-electron chi connectivity index (χ2n) is 5.16. The first kappa shape index (κ1) is 14.4. The summed E-state index contributed by atoms with van der Waals surface area (Å²) in [6.07, 6.45) is 3.02. The van der Waals surface area contributed by atoms with Crippen molar-refractivity contribution in [2.75, 3.05) is 33.2 Å². The summed E-state index contributed by atoms with van der Waals surface area (Å²) in [5, 5.41) is 0. The van der Waals surface area contributed by atoms with E-state index >= 15 is 0 Å². The minimum absolute atomic E-state index is 0.209. The average Bonchev–Trinajstić information content (AvgIpc) is 2.61. The van der Waals surface area contributed by atoms with Gasteiger partial charge in [-0.25, -0.2) is 4.98 Å². The molecule has 2 heterocycles. The van der Waals surface area contributed by atoms with E-state index in [9.17, 15) is 9.59 Å². The van der Waals surface area contributed by atoms with Gasteiger partial charge >= 0.3 is 0 Å². The number of amides is 2. The molecule has 0 aliphatic carbocycles. The smallest absolute Gasteiger partial charge is 0.274 e. The molecule has 1 atom stereocenters. The third kappa shape index (κ3) is 3.30. The summed E-state index contributed by atoms with van der Waals surface area (Å²) >= 11 is 0. The molecular weight excluding hydrogens is 258 g/mol. The highest BCUT2D eigenvalue weighted by Gasteiger charge is 2.28. The van der Waals surface area contributed by atoms with Crippen LogP contribution in [0.1, 0.15) is 16.2 Å². The molecule has 2 N–H and O–H groups in total. The van der Waals surface area contributed by atoms with Crippen LogP contribution in [0.4, 0.5) is 0 Å². The predicted molar refractivity (Wildman–Crippen MR) is 72.9 cm³/mol. The van der Waals surface area contributed by atoms with E-state index < -0.39 is 0 Å². The lowest BCUT2D eigenvalue weighted by Gasteiger charge is -2.22. The summed E-state index contributed by atoms with van der Waals surface area (Å²) < 4.78 is 0. The number of hydrogen-bond acceptors (Lipinski definition) is 5. The fraction of sp³-hybridized carbons (Fsp3) is 0.538. The Morgan fingerprint density at radius 1 is 1.25 bits per heavy atom. The molecule has 1 fully saturated rings. The molecule has 0 radical (unpaired) electrons. The van der Waals surface area contributed by atoms with Crippen LogP contribution in [0.5, 0.6) is 0 Å². The van der Waals surface area contributed by atoms with Crippen LogP contribution >= 0.6 is 0 Å². The Bertz CT molecular complexity index is 502. The Labute approximate surface area is 117 Å². The summed E-state index contributed by atoms with van der Waals surface area (Å²) in [6.45, 7) is 3.96. The second-order valence-corrected chi connectivity index (χ2v) is 5.16. The minimum atomic E-state index is -0.383. The maximum atomic E-state index is 12.4. The second kappa shape index (κ2) is 5.96. The van der Waals surface area contributed by atoms with Crippen molar-refractivity contribution in [1.82, 2.24) is 19.8 Å². The molecule has 0 spiro atoms. The molecule has 2 rings (SSSR count). The molecular formula is C13H19N5O2. The van der Waals surface area contributed by atoms with Gasteiger partial charge in [-0.3, -0.25) is 14.6 Å². The highest BCUT2D eigenvalue weighted by Crippen LogP contribution is 2.11. The molecule has 2 amide bonds. The fourth-order valence-electron chi connectivity index (χ4n) is 2.20. The van der Waals surface area contributed by atoms with Crippen molar-refractivity contribution in [1.29, 1.82) is 0 Å². The van der Waals surface area contributed by atoms with Gasteiger partial charge in [0.1, 0.15) is 5.69 Å². The lowest BCUT2D eigenvalue weighted by atomic mass is 10.1. The molecule has 1 aliphatic heterocycles. The number of aromatic nitrogens is 2. The Hall–Kier alpha value is -2.02. The Balaban J connectivity index is 2.15. The standard InChI is InChI=1S/C13H19N5O2/c1-9-5-16-11(6-15-9)13(20)18-4-3-17(2)7-10(8-18)12(14)19/h5-6,10H,3-4,7-8H2,1-2H3,(H2,14,19)/t10-/m0/s1. The van der Waals surface area contributed by atoms with Crippen molar-refractivity contribution in [3.8, 4) is 0 Å². The van der Waals surface area contributed by atoms with Crippen LogP contribution in [0, 0.1) is 12.8 Å². The van der Waals surface area contributed by atoms with Crippen LogP contribution < -0.4 is 5.73 Å². The predicted octanol–water partition coefficient (Wildman–Crippen LogP) is -0.726. The number of carbonyl (C=O) groups excluding carboxylic acids is 2. The molecule has 7 heteroatoms. The first-order chi connectivity index (χ1) is 9.47. The molecule has 1 aromatic heterocycles. The fourth-order valence-corrected chi connectivity index (χ4v) is 2.20. The van der Waals surface area contributed by atoms with Crippen molar-refractivity contribution in [3.63, 3.8) is 0 Å². The summed E-state index contributed by atoms with van der Waals surface area (Å²) in [5.41, 5.74) is 6.44. The highest BCUT2D eigenvalue weighted by atomic mass is 16.2. The van der Waals surface area contributed by atoms with Crippen molar-refractivity contribution in [2.45, 2.75) is 6.92 Å². The quantitative estimate of drug-likeness (QED) is 0.769. The zero-order valence-corrected chi connectivity index (χ0v) is 11.7. The number of primary amides is 1. The number of hydrogen-bond donors (Lipinski definition) is 1. The van der Waals surface area contributed by atoms with Crippen LogP contribution in [0.15, 0.2) is 12.4 Å². The maximum Gasteiger partial charge on any atom is 0.274 e. The molecule has 1 aromatic rings. The van der Waals surface area contributed by atoms with E-state index in [1.54, 1.807) is 11.1 Å². The molecule has 20 heavy (non-hydrogen) atoms. The lowest BCUT2D eigenvalue weighted by molar-refractivity contribution is -0.122. The van der Waals surface area contributed by atoms with E-state index in [2.05, 4.69) is 9.97 Å². The van der Waals surface area contributed by atoms with Gasteiger partial charge in [-0.1, -0.05) is 0 Å². The van der Waals surface area contributed by atoms with Crippen LogP contribution in [-0.4, -0.2) is 64.8 Å². The molecule has 0 bridgehead atoms. The molecule has 1 aliphatic rings. The van der Waals surface area contributed by atoms with Crippen molar-refractivity contribution >= 4 is 11.8 Å². The molecule has 0 unspecified atom stereocenters. The van der Waals surface area contributed by atoms with Gasteiger partial charge in [0.05, 0.1) is 17.8 Å². The van der Waals surface area contributed by atoms with E-state index in [4.69, 9.17) is 5.73 Å². The van der Waals surface area contributed by atoms with Crippen LogP contribution in [0.25, 0.3) is 0 Å². The first-order valence-corrected chi connectivity index (χ1v) is 6.53. The summed E-state index contributed by atoms with van der Waals surface area (Å²) in [6, 6.07) is 0. The zero-order valence-electron chi connectivity index (χ0n) is 11.7. The van der Waals surface area contributed by atoms with E-state index in [0.29, 0.717) is 31.9 Å². The topological polar surface area (TPSA) is 92.4 Å². The number of aryl methyl sites for hydroxylation is 1. The molecule has 0 aromatic carbocycles. The summed E-state index contributed by atoms with van der Waals surface area (Å²) in [4.78, 5) is 35.6. The lowest BCUT2D eigenvalue weighted by Crippen LogP contribution is -2.40. The Morgan fingerprint density at radius 3 is 2.60 bits per heavy atom. The Morgan fingerprint density at radius 2 is 2.00 bits per heavy atom. The van der Waals surface area contributed by atoms with E-state index in [-0.39, 0.29) is 17.7 Å². The number of likely N-dealkylation sites (N-methyl/N-ethyl adjacent to an activating group) is 1. The van der Waals surface area contributed by atoms with Crippen LogP contribution in [0.3, 0.4) is 0 Å². The highest BCUT2D eigenvalue weighted by molar-refractivity contribution is 5.92. The van der Waals surface area contributed by atoms with Gasteiger partial charge in [0.25, 0.3) is 5.91 Å². The van der Waals surface area contributed by atoms with Gasteiger partial charge in [-0.15, -0.1) is 0 Å². The molecule has 1 saturated heterocycles. The van der Waals surface area contributed by atoms with Gasteiger partial charge in [0.15, 0.2) is 0 Å². The van der Waals surface area contributed by atoms with E-state index in [1.165, 1.54) is 6.20 Å². The normalized spacial score (nSPS) is 20.5. The van der Waals surface area contributed by atoms with Crippen molar-refractivity contribution < 1.29 is 9.59 Å².